The first kappa shape index (κ1) is 12.6. The Hall–Kier alpha value is -0.450. The van der Waals surface area contributed by atoms with Gasteiger partial charge in [0.05, 0.1) is 5.51 Å². The molecule has 1 rings (SSSR count). The third-order valence-corrected chi connectivity index (χ3v) is 3.20. The molecular formula is C11H20N2OS. The number of nitrogens with zero attached hydrogens (tertiary/aromatic N) is 1. The molecule has 0 aliphatic rings. The average molecular weight is 228 g/mol. The summed E-state index contributed by atoms with van der Waals surface area (Å²) in [6, 6.07) is 0. The van der Waals surface area contributed by atoms with Crippen molar-refractivity contribution >= 4 is 11.3 Å². The van der Waals surface area contributed by atoms with E-state index in [-0.39, 0.29) is 12.0 Å². The Bertz CT molecular complexity index is 260. The van der Waals surface area contributed by atoms with Crippen LogP contribution in [-0.2, 0) is 6.54 Å². The van der Waals surface area contributed by atoms with Crippen LogP contribution in [0.5, 0.6) is 0 Å². The molecule has 0 atom stereocenters. The number of aromatic nitrogens is 1. The fourth-order valence-corrected chi connectivity index (χ4v) is 1.88. The van der Waals surface area contributed by atoms with Gasteiger partial charge in [-0.25, -0.2) is 0 Å². The van der Waals surface area contributed by atoms with Gasteiger partial charge in [0, 0.05) is 24.2 Å². The minimum absolute atomic E-state index is 0.0617. The van der Waals surface area contributed by atoms with Crippen LogP contribution < -0.4 is 5.32 Å². The monoisotopic (exact) mass is 228 g/mol. The number of rotatable bonds is 7. The van der Waals surface area contributed by atoms with E-state index < -0.39 is 0 Å². The third kappa shape index (κ3) is 5.25. The lowest BCUT2D eigenvalue weighted by atomic mass is 9.89. The van der Waals surface area contributed by atoms with Gasteiger partial charge in [0.25, 0.3) is 0 Å². The topological polar surface area (TPSA) is 45.1 Å². The molecule has 0 bridgehead atoms. The van der Waals surface area contributed by atoms with Crippen molar-refractivity contribution in [2.24, 2.45) is 5.41 Å². The van der Waals surface area contributed by atoms with Gasteiger partial charge >= 0.3 is 0 Å². The maximum atomic E-state index is 9.07. The third-order valence-electron chi connectivity index (χ3n) is 2.42. The molecular weight excluding hydrogens is 208 g/mol. The molecule has 0 aliphatic carbocycles. The van der Waals surface area contributed by atoms with Crippen molar-refractivity contribution in [2.45, 2.75) is 33.2 Å². The van der Waals surface area contributed by atoms with E-state index in [1.807, 2.05) is 11.7 Å². The second-order valence-corrected chi connectivity index (χ2v) is 5.54. The molecule has 0 spiro atoms. The molecule has 2 N–H and O–H groups in total. The number of aliphatic hydroxyl groups is 1. The van der Waals surface area contributed by atoms with Crippen LogP contribution in [0.1, 0.15) is 31.6 Å². The standard InChI is InChI=1S/C11H20N2OS/c1-11(2,8-14)4-3-5-12-6-10-7-13-9-15-10/h7,9,12,14H,3-6,8H2,1-2H3. The molecule has 1 heterocycles. The number of hydrogen-bond acceptors (Lipinski definition) is 4. The summed E-state index contributed by atoms with van der Waals surface area (Å²) >= 11 is 1.68. The highest BCUT2D eigenvalue weighted by molar-refractivity contribution is 7.09. The molecule has 0 fully saturated rings. The second kappa shape index (κ2) is 6.20. The largest absolute Gasteiger partial charge is 0.396 e. The summed E-state index contributed by atoms with van der Waals surface area (Å²) < 4.78 is 0. The highest BCUT2D eigenvalue weighted by atomic mass is 32.1. The van der Waals surface area contributed by atoms with Crippen molar-refractivity contribution in [3.8, 4) is 0 Å². The first-order valence-corrected chi connectivity index (χ1v) is 6.21. The lowest BCUT2D eigenvalue weighted by molar-refractivity contribution is 0.148. The van der Waals surface area contributed by atoms with Gasteiger partial charge in [-0.2, -0.15) is 0 Å². The van der Waals surface area contributed by atoms with Gasteiger partial charge in [-0.15, -0.1) is 11.3 Å². The fourth-order valence-electron chi connectivity index (χ4n) is 1.31. The van der Waals surface area contributed by atoms with Crippen LogP contribution in [0.3, 0.4) is 0 Å². The van der Waals surface area contributed by atoms with E-state index in [0.29, 0.717) is 0 Å². The summed E-state index contributed by atoms with van der Waals surface area (Å²) in [6.45, 7) is 6.36. The molecule has 0 saturated carbocycles. The van der Waals surface area contributed by atoms with Crippen molar-refractivity contribution in [1.82, 2.24) is 10.3 Å². The molecule has 1 aromatic heterocycles. The summed E-state index contributed by atoms with van der Waals surface area (Å²) in [6.07, 6.45) is 4.06. The normalized spacial score (nSPS) is 11.9. The first-order chi connectivity index (χ1) is 7.14. The number of hydrogen-bond donors (Lipinski definition) is 2. The van der Waals surface area contributed by atoms with Crippen LogP contribution in [0.4, 0.5) is 0 Å². The maximum absolute atomic E-state index is 9.07. The van der Waals surface area contributed by atoms with Crippen LogP contribution >= 0.6 is 11.3 Å². The zero-order valence-corrected chi connectivity index (χ0v) is 10.3. The van der Waals surface area contributed by atoms with Crippen LogP contribution in [0.15, 0.2) is 11.7 Å². The van der Waals surface area contributed by atoms with Gasteiger partial charge in [0.15, 0.2) is 0 Å². The molecule has 0 unspecified atom stereocenters. The van der Waals surface area contributed by atoms with Crippen LogP contribution in [-0.4, -0.2) is 23.2 Å². The van der Waals surface area contributed by atoms with Crippen molar-refractivity contribution in [3.63, 3.8) is 0 Å². The minimum Gasteiger partial charge on any atom is -0.396 e. The summed E-state index contributed by atoms with van der Waals surface area (Å²) in [5.74, 6) is 0. The molecule has 15 heavy (non-hydrogen) atoms. The Morgan fingerprint density at radius 1 is 1.53 bits per heavy atom. The molecule has 0 aliphatic heterocycles. The average Bonchev–Trinajstić information content (AvgIpc) is 2.70. The van der Waals surface area contributed by atoms with Crippen LogP contribution in [0.25, 0.3) is 0 Å². The van der Waals surface area contributed by atoms with E-state index in [4.69, 9.17) is 5.11 Å². The van der Waals surface area contributed by atoms with Crippen LogP contribution in [0, 0.1) is 5.41 Å². The van der Waals surface area contributed by atoms with Crippen molar-refractivity contribution in [2.75, 3.05) is 13.2 Å². The predicted octanol–water partition coefficient (Wildman–Crippen LogP) is 2.03. The zero-order valence-electron chi connectivity index (χ0n) is 9.49. The molecule has 0 amide bonds. The minimum atomic E-state index is 0.0617. The molecule has 0 saturated heterocycles. The van der Waals surface area contributed by atoms with Crippen molar-refractivity contribution in [3.05, 3.63) is 16.6 Å². The zero-order chi connectivity index (χ0) is 11.1. The van der Waals surface area contributed by atoms with Crippen LogP contribution in [0.2, 0.25) is 0 Å². The summed E-state index contributed by atoms with van der Waals surface area (Å²) in [7, 11) is 0. The lowest BCUT2D eigenvalue weighted by Crippen LogP contribution is -2.20. The summed E-state index contributed by atoms with van der Waals surface area (Å²) in [5, 5.41) is 12.4. The van der Waals surface area contributed by atoms with E-state index in [9.17, 15) is 0 Å². The molecule has 4 heteroatoms. The highest BCUT2D eigenvalue weighted by Crippen LogP contribution is 2.20. The Morgan fingerprint density at radius 3 is 2.93 bits per heavy atom. The van der Waals surface area contributed by atoms with E-state index in [2.05, 4.69) is 24.1 Å². The van der Waals surface area contributed by atoms with Gasteiger partial charge in [0.2, 0.25) is 0 Å². The SMILES string of the molecule is CC(C)(CO)CCCNCc1cncs1. The maximum Gasteiger partial charge on any atom is 0.0794 e. The quantitative estimate of drug-likeness (QED) is 0.702. The Morgan fingerprint density at radius 2 is 2.33 bits per heavy atom. The molecule has 86 valence electrons. The summed E-state index contributed by atoms with van der Waals surface area (Å²) in [5.41, 5.74) is 1.91. The smallest absolute Gasteiger partial charge is 0.0794 e. The Labute approximate surface area is 95.6 Å². The fraction of sp³-hybridized carbons (Fsp3) is 0.727. The molecule has 3 nitrogen and oxygen atoms in total. The van der Waals surface area contributed by atoms with Gasteiger partial charge in [-0.1, -0.05) is 13.8 Å². The summed E-state index contributed by atoms with van der Waals surface area (Å²) in [4.78, 5) is 5.29. The number of nitrogens with one attached hydrogen (secondary N) is 1. The van der Waals surface area contributed by atoms with E-state index >= 15 is 0 Å². The van der Waals surface area contributed by atoms with E-state index in [0.717, 1.165) is 25.9 Å². The van der Waals surface area contributed by atoms with E-state index in [1.54, 1.807) is 11.3 Å². The number of aliphatic hydroxyl groups excluding tert-OH is 1. The number of thiazole rings is 1. The Kier molecular flexibility index (Phi) is 5.22. The Balaban J connectivity index is 2.03. The first-order valence-electron chi connectivity index (χ1n) is 5.33. The molecule has 1 aromatic rings. The van der Waals surface area contributed by atoms with Gasteiger partial charge in [-0.05, 0) is 24.8 Å². The molecule has 0 aromatic carbocycles. The van der Waals surface area contributed by atoms with Crippen molar-refractivity contribution < 1.29 is 5.11 Å². The van der Waals surface area contributed by atoms with E-state index in [1.165, 1.54) is 4.88 Å². The molecule has 0 radical (unpaired) electrons. The van der Waals surface area contributed by atoms with Gasteiger partial charge in [0.1, 0.15) is 0 Å². The highest BCUT2D eigenvalue weighted by Gasteiger charge is 2.14. The van der Waals surface area contributed by atoms with Gasteiger partial charge < -0.3 is 10.4 Å². The second-order valence-electron chi connectivity index (χ2n) is 4.57. The van der Waals surface area contributed by atoms with Crippen molar-refractivity contribution in [1.29, 1.82) is 0 Å². The van der Waals surface area contributed by atoms with Gasteiger partial charge in [-0.3, -0.25) is 4.98 Å². The predicted molar refractivity (Wildman–Crippen MR) is 63.9 cm³/mol. The lowest BCUT2D eigenvalue weighted by Gasteiger charge is -2.21.